The van der Waals surface area contributed by atoms with Crippen LogP contribution in [0.5, 0.6) is 17.4 Å². The van der Waals surface area contributed by atoms with E-state index < -0.39 is 5.91 Å². The molecule has 1 heterocycles. The van der Waals surface area contributed by atoms with Gasteiger partial charge in [-0.15, -0.1) is 0 Å². The van der Waals surface area contributed by atoms with Crippen LogP contribution in [0.4, 0.5) is 0 Å². The first-order valence-electron chi connectivity index (χ1n) is 9.75. The van der Waals surface area contributed by atoms with Crippen molar-refractivity contribution in [3.8, 4) is 23.1 Å². The van der Waals surface area contributed by atoms with Gasteiger partial charge >= 0.3 is 0 Å². The highest BCUT2D eigenvalue weighted by molar-refractivity contribution is 5.95. The number of amides is 1. The van der Waals surface area contributed by atoms with Gasteiger partial charge in [0, 0.05) is 11.6 Å². The van der Waals surface area contributed by atoms with Crippen LogP contribution < -0.4 is 19.6 Å². The minimum atomic E-state index is -0.408. The highest BCUT2D eigenvalue weighted by atomic mass is 16.5. The van der Waals surface area contributed by atoms with Gasteiger partial charge < -0.3 is 14.2 Å². The molecule has 1 amide bonds. The first-order chi connectivity index (χ1) is 14.7. The maximum absolute atomic E-state index is 12.7. The number of unbranched alkanes of at least 4 members (excludes halogenated alkanes) is 1. The molecule has 0 aliphatic carbocycles. The Hall–Kier alpha value is -3.61. The van der Waals surface area contributed by atoms with Crippen LogP contribution in [0.15, 0.2) is 65.8 Å². The summed E-state index contributed by atoms with van der Waals surface area (Å²) in [5.74, 6) is 1.13. The summed E-state index contributed by atoms with van der Waals surface area (Å²) in [5, 5.41) is 4.85. The van der Waals surface area contributed by atoms with E-state index >= 15 is 0 Å². The lowest BCUT2D eigenvalue weighted by Gasteiger charge is -2.13. The summed E-state index contributed by atoms with van der Waals surface area (Å²) in [6.07, 6.45) is 3.47. The van der Waals surface area contributed by atoms with Gasteiger partial charge in [0.15, 0.2) is 11.5 Å². The lowest BCUT2D eigenvalue weighted by atomic mass is 10.2. The number of aromatic nitrogens is 2. The van der Waals surface area contributed by atoms with Crippen molar-refractivity contribution in [3.05, 3.63) is 71.7 Å². The van der Waals surface area contributed by atoms with Crippen LogP contribution >= 0.6 is 0 Å². The molecule has 7 heteroatoms. The molecular formula is C23H25N3O4. The predicted molar refractivity (Wildman–Crippen MR) is 113 cm³/mol. The number of rotatable bonds is 8. The second kappa shape index (κ2) is 10.2. The Balaban J connectivity index is 1.96. The second-order valence-electron chi connectivity index (χ2n) is 6.49. The molecular weight excluding hydrogens is 382 g/mol. The highest BCUT2D eigenvalue weighted by Gasteiger charge is 2.11. The van der Waals surface area contributed by atoms with Crippen molar-refractivity contribution in [2.75, 3.05) is 20.8 Å². The van der Waals surface area contributed by atoms with E-state index in [1.807, 2.05) is 30.3 Å². The maximum atomic E-state index is 12.7. The van der Waals surface area contributed by atoms with Crippen molar-refractivity contribution < 1.29 is 19.0 Å². The number of para-hydroxylation sites is 1. The van der Waals surface area contributed by atoms with Crippen molar-refractivity contribution in [2.24, 2.45) is 4.99 Å². The topological polar surface area (TPSA) is 74.9 Å². The van der Waals surface area contributed by atoms with Crippen LogP contribution in [0.3, 0.4) is 0 Å². The van der Waals surface area contributed by atoms with Crippen LogP contribution in [0.25, 0.3) is 5.69 Å². The molecule has 0 fully saturated rings. The number of carbonyl (C=O) groups excluding carboxylic acids is 1. The molecule has 2 aromatic carbocycles. The fraction of sp³-hybridized carbons (Fsp3) is 0.261. The van der Waals surface area contributed by atoms with Crippen molar-refractivity contribution in [1.29, 1.82) is 0 Å². The standard InChI is InChI=1S/C23H25N3O4/c1-4-5-13-30-22-15-18(16-24-26(22)19-9-7-6-8-10-19)25-23(27)17-11-12-20(28-2)21(14-17)29-3/h6-12,14-16H,4-5,13H2,1-3H3/b25-18+. The molecule has 0 radical (unpaired) electrons. The van der Waals surface area contributed by atoms with Crippen LogP contribution in [0, 0.1) is 0 Å². The number of methoxy groups -OCH3 is 2. The Kier molecular flexibility index (Phi) is 7.21. The van der Waals surface area contributed by atoms with Gasteiger partial charge in [0.1, 0.15) is 0 Å². The molecule has 7 nitrogen and oxygen atoms in total. The van der Waals surface area contributed by atoms with E-state index in [9.17, 15) is 4.79 Å². The van der Waals surface area contributed by atoms with Crippen LogP contribution in [-0.4, -0.2) is 36.5 Å². The van der Waals surface area contributed by atoms with E-state index in [1.165, 1.54) is 7.11 Å². The fourth-order valence-electron chi connectivity index (χ4n) is 2.80. The Bertz CT molecular complexity index is 1060. The lowest BCUT2D eigenvalue weighted by Crippen LogP contribution is -2.15. The van der Waals surface area contributed by atoms with E-state index in [-0.39, 0.29) is 0 Å². The largest absolute Gasteiger partial charge is 0.493 e. The minimum Gasteiger partial charge on any atom is -0.493 e. The third-order valence-electron chi connectivity index (χ3n) is 4.40. The molecule has 0 saturated carbocycles. The van der Waals surface area contributed by atoms with Crippen molar-refractivity contribution in [2.45, 2.75) is 19.8 Å². The average molecular weight is 407 g/mol. The number of hydrogen-bond acceptors (Lipinski definition) is 5. The fourth-order valence-corrected chi connectivity index (χ4v) is 2.80. The van der Waals surface area contributed by atoms with Gasteiger partial charge in [0.25, 0.3) is 5.91 Å². The summed E-state index contributed by atoms with van der Waals surface area (Å²) in [6, 6.07) is 16.3. The monoisotopic (exact) mass is 407 g/mol. The second-order valence-corrected chi connectivity index (χ2v) is 6.49. The van der Waals surface area contributed by atoms with Gasteiger partial charge in [0.05, 0.1) is 38.1 Å². The van der Waals surface area contributed by atoms with E-state index in [0.717, 1.165) is 18.5 Å². The third-order valence-corrected chi connectivity index (χ3v) is 4.40. The lowest BCUT2D eigenvalue weighted by molar-refractivity contribution is 0.0998. The average Bonchev–Trinajstić information content (AvgIpc) is 2.79. The molecule has 1 aromatic heterocycles. The molecule has 0 unspecified atom stereocenters. The first kappa shape index (κ1) is 21.1. The van der Waals surface area contributed by atoms with E-state index in [0.29, 0.717) is 34.9 Å². The molecule has 156 valence electrons. The summed E-state index contributed by atoms with van der Waals surface area (Å²) >= 11 is 0. The SMILES string of the molecule is CCCCOc1c/c(=N\C(=O)c2ccc(OC)c(OC)c2)cnn1-c1ccccc1. The molecule has 3 rings (SSSR count). The number of hydrogen-bond donors (Lipinski definition) is 0. The van der Waals surface area contributed by atoms with E-state index in [1.54, 1.807) is 42.3 Å². The molecule has 0 spiro atoms. The molecule has 0 aliphatic rings. The van der Waals surface area contributed by atoms with Gasteiger partial charge in [-0.1, -0.05) is 31.5 Å². The smallest absolute Gasteiger partial charge is 0.277 e. The number of ether oxygens (including phenoxy) is 3. The van der Waals surface area contributed by atoms with Gasteiger partial charge in [0.2, 0.25) is 5.88 Å². The van der Waals surface area contributed by atoms with Crippen LogP contribution in [0.1, 0.15) is 30.1 Å². The first-order valence-corrected chi connectivity index (χ1v) is 9.75. The van der Waals surface area contributed by atoms with E-state index in [4.69, 9.17) is 14.2 Å². The van der Waals surface area contributed by atoms with Gasteiger partial charge in [-0.25, -0.2) is 9.67 Å². The summed E-state index contributed by atoms with van der Waals surface area (Å²) in [6.45, 7) is 2.65. The van der Waals surface area contributed by atoms with Gasteiger partial charge in [-0.2, -0.15) is 5.10 Å². The zero-order valence-electron chi connectivity index (χ0n) is 17.4. The normalized spacial score (nSPS) is 11.2. The number of nitrogens with zero attached hydrogens (tertiary/aromatic N) is 3. The number of carbonyl (C=O) groups is 1. The third kappa shape index (κ3) is 5.05. The zero-order valence-corrected chi connectivity index (χ0v) is 17.4. The Morgan fingerprint density at radius 3 is 2.50 bits per heavy atom. The Morgan fingerprint density at radius 1 is 1.03 bits per heavy atom. The van der Waals surface area contributed by atoms with Crippen molar-refractivity contribution >= 4 is 5.91 Å². The van der Waals surface area contributed by atoms with Crippen molar-refractivity contribution in [3.63, 3.8) is 0 Å². The summed E-state index contributed by atoms with van der Waals surface area (Å²) in [5.41, 5.74) is 1.25. The van der Waals surface area contributed by atoms with Gasteiger partial charge in [-0.3, -0.25) is 4.79 Å². The Labute approximate surface area is 175 Å². The van der Waals surface area contributed by atoms with Crippen molar-refractivity contribution in [1.82, 2.24) is 9.78 Å². The van der Waals surface area contributed by atoms with Gasteiger partial charge in [-0.05, 0) is 36.8 Å². The van der Waals surface area contributed by atoms with Crippen LogP contribution in [0.2, 0.25) is 0 Å². The Morgan fingerprint density at radius 2 is 1.80 bits per heavy atom. The van der Waals surface area contributed by atoms with Crippen LogP contribution in [-0.2, 0) is 0 Å². The molecule has 0 saturated heterocycles. The number of benzene rings is 2. The molecule has 0 N–H and O–H groups in total. The maximum Gasteiger partial charge on any atom is 0.277 e. The summed E-state index contributed by atoms with van der Waals surface area (Å²) < 4.78 is 18.1. The molecule has 30 heavy (non-hydrogen) atoms. The van der Waals surface area contributed by atoms with E-state index in [2.05, 4.69) is 17.0 Å². The minimum absolute atomic E-state index is 0.390. The molecule has 0 atom stereocenters. The highest BCUT2D eigenvalue weighted by Crippen LogP contribution is 2.27. The summed E-state index contributed by atoms with van der Waals surface area (Å²) in [7, 11) is 3.06. The zero-order chi connectivity index (χ0) is 21.3. The molecule has 0 aliphatic heterocycles. The predicted octanol–water partition coefficient (Wildman–Crippen LogP) is 3.81. The summed E-state index contributed by atoms with van der Waals surface area (Å²) in [4.78, 5) is 16.9. The quantitative estimate of drug-likeness (QED) is 0.531. The molecule has 3 aromatic rings. The molecule has 0 bridgehead atoms.